The highest BCUT2D eigenvalue weighted by Gasteiger charge is 2.51. The van der Waals surface area contributed by atoms with Gasteiger partial charge in [0.1, 0.15) is 42.7 Å². The van der Waals surface area contributed by atoms with Crippen molar-refractivity contribution in [2.75, 3.05) is 26.7 Å². The molecule has 16 heteroatoms. The summed E-state index contributed by atoms with van der Waals surface area (Å²) >= 11 is 0. The number of nitrogens with two attached hydrogens (primary N) is 3. The normalized spacial score (nSPS) is 43.5. The molecule has 2 saturated heterocycles. The van der Waals surface area contributed by atoms with Gasteiger partial charge in [-0.1, -0.05) is 0 Å². The second kappa shape index (κ2) is 14.0. The summed E-state index contributed by atoms with van der Waals surface area (Å²) in [4.78, 5) is 12.5. The molecule has 14 N–H and O–H groups in total. The Morgan fingerprint density at radius 1 is 1.00 bits per heavy atom. The average Bonchev–Trinajstić information content (AvgIpc) is 3.17. The van der Waals surface area contributed by atoms with Crippen molar-refractivity contribution in [1.82, 2.24) is 10.6 Å². The van der Waals surface area contributed by atoms with Crippen LogP contribution in [0, 0.1) is 0 Å². The third-order valence-corrected chi connectivity index (χ3v) is 7.23. The van der Waals surface area contributed by atoms with E-state index in [9.17, 15) is 35.4 Å². The SMILES string of the molecule is CNC[C@@H]1CC[C@@H](N)[C@@H](O[C@H]2[C@H](O[C@@H]3O[C@H](CO)[C@@H](O)[C@H]3O)[C@@H](O)[C@H](NC(=O)[C@@H](O)[C@@H](O)CN)C[C@@H]2N)O1. The van der Waals surface area contributed by atoms with Gasteiger partial charge < -0.3 is 77.4 Å². The molecular weight excluding hydrogens is 510 g/mol. The van der Waals surface area contributed by atoms with Crippen molar-refractivity contribution in [2.24, 2.45) is 17.2 Å². The number of carbonyl (C=O) groups excluding carboxylic acids is 1. The van der Waals surface area contributed by atoms with Crippen molar-refractivity contribution < 1.29 is 54.4 Å². The van der Waals surface area contributed by atoms with Crippen LogP contribution in [-0.4, -0.2) is 149 Å². The topological polar surface area (TPSA) is 277 Å². The summed E-state index contributed by atoms with van der Waals surface area (Å²) in [6, 6.07) is -2.45. The largest absolute Gasteiger partial charge is 0.394 e. The number of hydrogen-bond donors (Lipinski definition) is 11. The molecular formula is C22H43N5O11. The van der Waals surface area contributed by atoms with Crippen LogP contribution >= 0.6 is 0 Å². The minimum Gasteiger partial charge on any atom is -0.394 e. The first kappa shape index (κ1) is 31.4. The van der Waals surface area contributed by atoms with Crippen molar-refractivity contribution in [3.63, 3.8) is 0 Å². The lowest BCUT2D eigenvalue weighted by atomic mass is 9.83. The van der Waals surface area contributed by atoms with Gasteiger partial charge >= 0.3 is 0 Å². The molecule has 1 amide bonds. The lowest BCUT2D eigenvalue weighted by Gasteiger charge is -2.46. The molecule has 2 aliphatic heterocycles. The summed E-state index contributed by atoms with van der Waals surface area (Å²) < 4.78 is 23.4. The average molecular weight is 554 g/mol. The summed E-state index contributed by atoms with van der Waals surface area (Å²) in [5.74, 6) is -0.988. The van der Waals surface area contributed by atoms with Crippen molar-refractivity contribution in [3.8, 4) is 0 Å². The summed E-state index contributed by atoms with van der Waals surface area (Å²) in [6.07, 6.45) is -12.8. The predicted octanol–water partition coefficient (Wildman–Crippen LogP) is -6.50. The first-order valence-electron chi connectivity index (χ1n) is 12.8. The van der Waals surface area contributed by atoms with Gasteiger partial charge in [0.25, 0.3) is 5.91 Å². The first-order chi connectivity index (χ1) is 18.0. The van der Waals surface area contributed by atoms with E-state index in [-0.39, 0.29) is 19.1 Å². The molecule has 0 aromatic carbocycles. The minimum absolute atomic E-state index is 0.0270. The van der Waals surface area contributed by atoms with Gasteiger partial charge in [0.2, 0.25) is 0 Å². The fourth-order valence-electron chi connectivity index (χ4n) is 4.96. The van der Waals surface area contributed by atoms with Crippen molar-refractivity contribution in [2.45, 2.75) is 105 Å². The maximum absolute atomic E-state index is 12.5. The highest BCUT2D eigenvalue weighted by Crippen LogP contribution is 2.32. The van der Waals surface area contributed by atoms with E-state index in [2.05, 4.69) is 10.6 Å². The molecule has 3 aliphatic rings. The van der Waals surface area contributed by atoms with Crippen LogP contribution < -0.4 is 27.8 Å². The van der Waals surface area contributed by atoms with Gasteiger partial charge in [0, 0.05) is 19.1 Å². The van der Waals surface area contributed by atoms with Gasteiger partial charge in [-0.3, -0.25) is 4.79 Å². The standard InChI is InChI=1S/C22H43N5O11/c1-26-6-8-2-3-9(24)21(35-8)37-18-10(25)4-11(27-20(34)15(31)12(29)5-23)14(30)19(18)38-22-17(33)16(32)13(7-28)36-22/h8-19,21-22,26,28-33H,2-7,23-25H2,1H3,(H,27,34)/t8-,9+,10-,11+,12-,13+,14-,15-,16+,17+,18+,19+,21+,22-/m0/s1. The number of aliphatic hydroxyl groups excluding tert-OH is 6. The third-order valence-electron chi connectivity index (χ3n) is 7.23. The molecule has 2 heterocycles. The first-order valence-corrected chi connectivity index (χ1v) is 12.8. The van der Waals surface area contributed by atoms with E-state index in [0.717, 1.165) is 0 Å². The second-order valence-corrected chi connectivity index (χ2v) is 10.1. The third kappa shape index (κ3) is 7.15. The van der Waals surface area contributed by atoms with Crippen molar-refractivity contribution in [3.05, 3.63) is 0 Å². The van der Waals surface area contributed by atoms with Crippen LogP contribution in [0.2, 0.25) is 0 Å². The fraction of sp³-hybridized carbons (Fsp3) is 0.955. The molecule has 1 aliphatic carbocycles. The van der Waals surface area contributed by atoms with Crippen LogP contribution in [0.1, 0.15) is 19.3 Å². The Morgan fingerprint density at radius 3 is 2.29 bits per heavy atom. The summed E-state index contributed by atoms with van der Waals surface area (Å²) in [5.41, 5.74) is 17.9. The molecule has 0 aromatic rings. The van der Waals surface area contributed by atoms with Crippen LogP contribution in [-0.2, 0) is 23.7 Å². The maximum atomic E-state index is 12.5. The van der Waals surface area contributed by atoms with E-state index in [4.69, 9.17) is 36.1 Å². The fourth-order valence-corrected chi connectivity index (χ4v) is 4.96. The maximum Gasteiger partial charge on any atom is 0.251 e. The molecule has 0 radical (unpaired) electrons. The van der Waals surface area contributed by atoms with Crippen LogP contribution in [0.25, 0.3) is 0 Å². The zero-order valence-corrected chi connectivity index (χ0v) is 21.3. The number of nitrogens with one attached hydrogen (secondary N) is 2. The smallest absolute Gasteiger partial charge is 0.251 e. The molecule has 38 heavy (non-hydrogen) atoms. The number of rotatable bonds is 11. The van der Waals surface area contributed by atoms with Gasteiger partial charge in [0.15, 0.2) is 18.7 Å². The molecule has 1 saturated carbocycles. The number of carbonyl (C=O) groups is 1. The number of aliphatic hydroxyl groups is 6. The molecule has 3 fully saturated rings. The zero-order chi connectivity index (χ0) is 28.1. The van der Waals surface area contributed by atoms with Crippen molar-refractivity contribution in [1.29, 1.82) is 0 Å². The van der Waals surface area contributed by atoms with Crippen LogP contribution in [0.4, 0.5) is 0 Å². The molecule has 14 atom stereocenters. The second-order valence-electron chi connectivity index (χ2n) is 10.1. The Balaban J connectivity index is 1.81. The van der Waals surface area contributed by atoms with E-state index in [0.29, 0.717) is 19.4 Å². The molecule has 0 aromatic heterocycles. The quantitative estimate of drug-likeness (QED) is 0.113. The van der Waals surface area contributed by atoms with Gasteiger partial charge in [-0.25, -0.2) is 0 Å². The van der Waals surface area contributed by atoms with Gasteiger partial charge in [-0.2, -0.15) is 0 Å². The lowest BCUT2D eigenvalue weighted by Crippen LogP contribution is -2.67. The predicted molar refractivity (Wildman–Crippen MR) is 129 cm³/mol. The number of ether oxygens (including phenoxy) is 4. The van der Waals surface area contributed by atoms with Gasteiger partial charge in [-0.15, -0.1) is 0 Å². The molecule has 0 unspecified atom stereocenters. The van der Waals surface area contributed by atoms with Crippen molar-refractivity contribution >= 4 is 5.91 Å². The summed E-state index contributed by atoms with van der Waals surface area (Å²) in [7, 11) is 1.78. The zero-order valence-electron chi connectivity index (χ0n) is 21.3. The summed E-state index contributed by atoms with van der Waals surface area (Å²) in [6.45, 7) is -0.410. The monoisotopic (exact) mass is 553 g/mol. The number of hydrogen-bond acceptors (Lipinski definition) is 15. The van der Waals surface area contributed by atoms with E-state index >= 15 is 0 Å². The molecule has 0 bridgehead atoms. The van der Waals surface area contributed by atoms with E-state index in [1.807, 2.05) is 0 Å². The minimum atomic E-state index is -1.85. The Kier molecular flexibility index (Phi) is 11.6. The van der Waals surface area contributed by atoms with E-state index in [1.165, 1.54) is 0 Å². The highest BCUT2D eigenvalue weighted by atomic mass is 16.7. The van der Waals surface area contributed by atoms with Crippen LogP contribution in [0.3, 0.4) is 0 Å². The molecule has 222 valence electrons. The van der Waals surface area contributed by atoms with E-state index in [1.54, 1.807) is 7.05 Å². The highest BCUT2D eigenvalue weighted by molar-refractivity contribution is 5.81. The molecule has 3 rings (SSSR count). The molecule has 0 spiro atoms. The lowest BCUT2D eigenvalue weighted by molar-refractivity contribution is -0.288. The summed E-state index contributed by atoms with van der Waals surface area (Å²) in [5, 5.41) is 66.4. The van der Waals surface area contributed by atoms with Gasteiger partial charge in [-0.05, 0) is 26.3 Å². The molecule has 16 nitrogen and oxygen atoms in total. The Bertz CT molecular complexity index is 756. The van der Waals surface area contributed by atoms with E-state index < -0.39 is 92.1 Å². The Labute approximate surface area is 220 Å². The van der Waals surface area contributed by atoms with Gasteiger partial charge in [0.05, 0.1) is 24.8 Å². The number of amides is 1. The number of likely N-dealkylation sites (N-methyl/N-ethyl adjacent to an activating group) is 1. The van der Waals surface area contributed by atoms with Crippen LogP contribution in [0.5, 0.6) is 0 Å². The Hall–Kier alpha value is -1.09. The Morgan fingerprint density at radius 2 is 1.68 bits per heavy atom. The van der Waals surface area contributed by atoms with Crippen LogP contribution in [0.15, 0.2) is 0 Å².